The van der Waals surface area contributed by atoms with Crippen LogP contribution in [0.25, 0.3) is 0 Å². The van der Waals surface area contributed by atoms with Crippen LogP contribution >= 0.6 is 0 Å². The van der Waals surface area contributed by atoms with E-state index in [0.717, 1.165) is 5.56 Å². The molecule has 3 heterocycles. The number of nitrogens with zero attached hydrogens (tertiary/aromatic N) is 3. The third kappa shape index (κ3) is 3.70. The first-order valence-corrected chi connectivity index (χ1v) is 8.61. The zero-order chi connectivity index (χ0) is 18.8. The van der Waals surface area contributed by atoms with E-state index >= 15 is 0 Å². The van der Waals surface area contributed by atoms with Gasteiger partial charge in [-0.25, -0.2) is 4.79 Å². The summed E-state index contributed by atoms with van der Waals surface area (Å²) in [5.74, 6) is 0.496. The number of methoxy groups -OCH3 is 1. The summed E-state index contributed by atoms with van der Waals surface area (Å²) in [6.45, 7) is 1.04. The summed E-state index contributed by atoms with van der Waals surface area (Å²) in [7, 11) is 1.50. The number of ether oxygens (including phenoxy) is 3. The van der Waals surface area contributed by atoms with E-state index in [1.165, 1.54) is 16.9 Å². The summed E-state index contributed by atoms with van der Waals surface area (Å²) in [5, 5.41) is 0. The van der Waals surface area contributed by atoms with Crippen LogP contribution in [-0.4, -0.2) is 49.9 Å². The molecule has 8 nitrogen and oxygen atoms in total. The van der Waals surface area contributed by atoms with Gasteiger partial charge in [0.2, 0.25) is 11.8 Å². The minimum atomic E-state index is -0.595. The Bertz CT molecular complexity index is 854. The van der Waals surface area contributed by atoms with Gasteiger partial charge in [0.15, 0.2) is 5.82 Å². The monoisotopic (exact) mass is 369 g/mol. The molecule has 2 aliphatic heterocycles. The number of carbonyl (C=O) groups excluding carboxylic acids is 2. The lowest BCUT2D eigenvalue weighted by atomic mass is 10.2. The number of pyridine rings is 1. The van der Waals surface area contributed by atoms with Gasteiger partial charge in [0, 0.05) is 6.07 Å². The molecule has 8 heteroatoms. The Kier molecular flexibility index (Phi) is 4.64. The lowest BCUT2D eigenvalue weighted by Gasteiger charge is -2.34. The van der Waals surface area contributed by atoms with Gasteiger partial charge < -0.3 is 14.2 Å². The number of carbonyl (C=O) groups is 2. The number of hydrogen-bond donors (Lipinski definition) is 0. The van der Waals surface area contributed by atoms with Crippen molar-refractivity contribution in [3.63, 3.8) is 0 Å². The third-order valence-corrected chi connectivity index (χ3v) is 4.39. The first-order valence-electron chi connectivity index (χ1n) is 8.61. The zero-order valence-electron chi connectivity index (χ0n) is 14.8. The van der Waals surface area contributed by atoms with Crippen LogP contribution in [0.1, 0.15) is 5.56 Å². The van der Waals surface area contributed by atoms with Gasteiger partial charge in [-0.1, -0.05) is 30.3 Å². The molecular weight excluding hydrogens is 350 g/mol. The normalized spacial score (nSPS) is 18.1. The molecule has 0 saturated carbocycles. The Morgan fingerprint density at radius 3 is 2.74 bits per heavy atom. The Hall–Kier alpha value is -3.13. The summed E-state index contributed by atoms with van der Waals surface area (Å²) in [6.07, 6.45) is -0.589. The van der Waals surface area contributed by atoms with E-state index in [2.05, 4.69) is 4.98 Å². The van der Waals surface area contributed by atoms with Crippen LogP contribution in [0.3, 0.4) is 0 Å². The van der Waals surface area contributed by atoms with Crippen molar-refractivity contribution in [2.45, 2.75) is 12.7 Å². The molecule has 0 aliphatic carbocycles. The minimum Gasteiger partial charge on any atom is -0.481 e. The number of amides is 2. The number of anilines is 2. The topological polar surface area (TPSA) is 84.5 Å². The molecule has 2 aromatic rings. The maximum absolute atomic E-state index is 12.6. The second-order valence-corrected chi connectivity index (χ2v) is 6.28. The Labute approximate surface area is 156 Å². The van der Waals surface area contributed by atoms with E-state index in [4.69, 9.17) is 14.2 Å². The first kappa shape index (κ1) is 17.3. The van der Waals surface area contributed by atoms with E-state index in [-0.39, 0.29) is 25.2 Å². The molecule has 2 aliphatic rings. The largest absolute Gasteiger partial charge is 0.481 e. The van der Waals surface area contributed by atoms with Crippen molar-refractivity contribution in [3.05, 3.63) is 48.0 Å². The summed E-state index contributed by atoms with van der Waals surface area (Å²) in [5.41, 5.74) is 1.38. The van der Waals surface area contributed by atoms with Crippen molar-refractivity contribution >= 4 is 23.5 Å². The van der Waals surface area contributed by atoms with Crippen molar-refractivity contribution in [1.82, 2.24) is 4.98 Å². The van der Waals surface area contributed by atoms with Crippen molar-refractivity contribution < 1.29 is 23.8 Å². The SMILES string of the molecule is COc1ccc2c(n1)N(CC1CO1)C(=O)CN2C(=O)OCc1ccccc1. The summed E-state index contributed by atoms with van der Waals surface area (Å²) in [6, 6.07) is 12.7. The number of hydrogen-bond acceptors (Lipinski definition) is 6. The minimum absolute atomic E-state index is 0.00591. The van der Waals surface area contributed by atoms with Gasteiger partial charge in [0.1, 0.15) is 13.2 Å². The second-order valence-electron chi connectivity index (χ2n) is 6.28. The molecular formula is C19H19N3O5. The van der Waals surface area contributed by atoms with Crippen LogP contribution in [0.4, 0.5) is 16.3 Å². The lowest BCUT2D eigenvalue weighted by molar-refractivity contribution is -0.117. The highest BCUT2D eigenvalue weighted by molar-refractivity contribution is 6.08. The molecule has 1 aromatic heterocycles. The fraction of sp³-hybridized carbons (Fsp3) is 0.316. The van der Waals surface area contributed by atoms with E-state index in [0.29, 0.717) is 30.5 Å². The van der Waals surface area contributed by atoms with Crippen LogP contribution < -0.4 is 14.5 Å². The van der Waals surface area contributed by atoms with Crippen molar-refractivity contribution in [3.8, 4) is 5.88 Å². The number of rotatable bonds is 5. The zero-order valence-corrected chi connectivity index (χ0v) is 14.8. The summed E-state index contributed by atoms with van der Waals surface area (Å²) >= 11 is 0. The van der Waals surface area contributed by atoms with Crippen molar-refractivity contribution in [1.29, 1.82) is 0 Å². The number of fused-ring (bicyclic) bond motifs is 1. The van der Waals surface area contributed by atoms with Gasteiger partial charge in [-0.2, -0.15) is 4.98 Å². The maximum atomic E-state index is 12.6. The molecule has 0 bridgehead atoms. The maximum Gasteiger partial charge on any atom is 0.415 e. The lowest BCUT2D eigenvalue weighted by Crippen LogP contribution is -2.49. The first-order chi connectivity index (χ1) is 13.2. The van der Waals surface area contributed by atoms with Gasteiger partial charge in [0.25, 0.3) is 0 Å². The molecule has 4 rings (SSSR count). The second kappa shape index (κ2) is 7.24. The van der Waals surface area contributed by atoms with Gasteiger partial charge >= 0.3 is 6.09 Å². The molecule has 1 saturated heterocycles. The van der Waals surface area contributed by atoms with Gasteiger partial charge in [-0.15, -0.1) is 0 Å². The fourth-order valence-electron chi connectivity index (χ4n) is 2.90. The smallest absolute Gasteiger partial charge is 0.415 e. The average molecular weight is 369 g/mol. The molecule has 1 fully saturated rings. The van der Waals surface area contributed by atoms with E-state index in [1.807, 2.05) is 30.3 Å². The Morgan fingerprint density at radius 1 is 1.26 bits per heavy atom. The predicted molar refractivity (Wildman–Crippen MR) is 96.9 cm³/mol. The highest BCUT2D eigenvalue weighted by atomic mass is 16.6. The molecule has 1 aromatic carbocycles. The van der Waals surface area contributed by atoms with Crippen LogP contribution in [0, 0.1) is 0 Å². The molecule has 1 unspecified atom stereocenters. The quantitative estimate of drug-likeness (QED) is 0.750. The Balaban J connectivity index is 1.57. The number of benzene rings is 1. The third-order valence-electron chi connectivity index (χ3n) is 4.39. The number of epoxide rings is 1. The fourth-order valence-corrected chi connectivity index (χ4v) is 2.90. The predicted octanol–water partition coefficient (Wildman–Crippen LogP) is 1.98. The van der Waals surface area contributed by atoms with Crippen LogP contribution in [0.15, 0.2) is 42.5 Å². The molecule has 140 valence electrons. The van der Waals surface area contributed by atoms with Crippen LogP contribution in [0.5, 0.6) is 5.88 Å². The number of aromatic nitrogens is 1. The standard InChI is InChI=1S/C19H19N3O5/c1-25-16-8-7-15-18(20-16)22(9-14-12-26-14)17(23)10-21(15)19(24)27-11-13-5-3-2-4-6-13/h2-8,14H,9-12H2,1H3. The summed E-state index contributed by atoms with van der Waals surface area (Å²) < 4.78 is 15.8. The highest BCUT2D eigenvalue weighted by Gasteiger charge is 2.38. The summed E-state index contributed by atoms with van der Waals surface area (Å²) in [4.78, 5) is 32.5. The van der Waals surface area contributed by atoms with Crippen LogP contribution in [0.2, 0.25) is 0 Å². The molecule has 2 amide bonds. The molecule has 0 radical (unpaired) electrons. The van der Waals surface area contributed by atoms with Crippen LogP contribution in [-0.2, 0) is 20.9 Å². The van der Waals surface area contributed by atoms with E-state index in [9.17, 15) is 9.59 Å². The van der Waals surface area contributed by atoms with Crippen molar-refractivity contribution in [2.24, 2.45) is 0 Å². The van der Waals surface area contributed by atoms with Gasteiger partial charge in [0.05, 0.1) is 32.1 Å². The van der Waals surface area contributed by atoms with E-state index in [1.54, 1.807) is 12.1 Å². The Morgan fingerprint density at radius 2 is 2.04 bits per heavy atom. The van der Waals surface area contributed by atoms with Gasteiger partial charge in [-0.3, -0.25) is 14.6 Å². The van der Waals surface area contributed by atoms with Crippen molar-refractivity contribution in [2.75, 3.05) is 36.6 Å². The molecule has 27 heavy (non-hydrogen) atoms. The molecule has 1 atom stereocenters. The molecule has 0 N–H and O–H groups in total. The van der Waals surface area contributed by atoms with Gasteiger partial charge in [-0.05, 0) is 11.6 Å². The highest BCUT2D eigenvalue weighted by Crippen LogP contribution is 2.35. The average Bonchev–Trinajstić information content (AvgIpc) is 3.52. The molecule has 0 spiro atoms. The van der Waals surface area contributed by atoms with E-state index < -0.39 is 6.09 Å².